The minimum absolute atomic E-state index is 0.110. The minimum Gasteiger partial charge on any atom is -0.507 e. The van der Waals surface area contributed by atoms with Crippen molar-refractivity contribution in [2.24, 2.45) is 0 Å². The lowest BCUT2D eigenvalue weighted by atomic mass is 9.93. The highest BCUT2D eigenvalue weighted by Crippen LogP contribution is 2.46. The van der Waals surface area contributed by atoms with Crippen molar-refractivity contribution in [2.75, 3.05) is 32.8 Å². The summed E-state index contributed by atoms with van der Waals surface area (Å²) in [6.07, 6.45) is 0.837. The van der Waals surface area contributed by atoms with E-state index in [2.05, 4.69) is 4.98 Å². The van der Waals surface area contributed by atoms with Gasteiger partial charge in [0.1, 0.15) is 16.4 Å². The Balaban J connectivity index is 1.94. The summed E-state index contributed by atoms with van der Waals surface area (Å²) in [6, 6.07) is 8.99. The van der Waals surface area contributed by atoms with Gasteiger partial charge in [0.15, 0.2) is 16.6 Å². The number of methoxy groups -OCH3 is 3. The van der Waals surface area contributed by atoms with Gasteiger partial charge < -0.3 is 24.1 Å². The molecule has 4 rings (SSSR count). The number of rotatable bonds is 9. The van der Waals surface area contributed by atoms with E-state index in [1.165, 1.54) is 26.2 Å². The van der Waals surface area contributed by atoms with Crippen LogP contribution in [0.4, 0.5) is 5.13 Å². The molecule has 1 amide bonds. The Morgan fingerprint density at radius 3 is 2.40 bits per heavy atom. The topological polar surface area (TPSA) is 124 Å². The molecule has 1 aliphatic rings. The number of ether oxygens (including phenoxy) is 4. The Morgan fingerprint density at radius 1 is 1.05 bits per heavy atom. The lowest BCUT2D eigenvalue weighted by Gasteiger charge is -2.24. The summed E-state index contributed by atoms with van der Waals surface area (Å²) in [6.45, 7) is 5.93. The van der Waals surface area contributed by atoms with Crippen molar-refractivity contribution < 1.29 is 38.4 Å². The predicted molar refractivity (Wildman–Crippen MR) is 149 cm³/mol. The summed E-state index contributed by atoms with van der Waals surface area (Å²) in [4.78, 5) is 45.2. The molecule has 10 nitrogen and oxygen atoms in total. The number of aryl methyl sites for hydroxylation is 2. The van der Waals surface area contributed by atoms with Gasteiger partial charge in [0, 0.05) is 5.56 Å². The largest absolute Gasteiger partial charge is 0.507 e. The normalized spacial score (nSPS) is 16.2. The Hall–Kier alpha value is -4.38. The standard InChI is InChI=1S/C29H30N2O8S/c1-7-12-39-18-9-10-19(15(2)13-18)24(32)22-23(17-8-11-20(36-4)21(14-17)37-5)31(27(34)25(22)33)29-30-16(3)26(40-29)28(35)38-6/h8-11,13-14,23,32H,7,12H2,1-6H3/t23-/m0/s1. The summed E-state index contributed by atoms with van der Waals surface area (Å²) < 4.78 is 21.4. The molecule has 2 aromatic carbocycles. The second kappa shape index (κ2) is 11.8. The van der Waals surface area contributed by atoms with Crippen LogP contribution in [0.15, 0.2) is 42.0 Å². The van der Waals surface area contributed by atoms with Crippen LogP contribution in [-0.4, -0.2) is 55.7 Å². The number of thiazole rings is 1. The van der Waals surface area contributed by atoms with Crippen LogP contribution in [-0.2, 0) is 14.3 Å². The first kappa shape index (κ1) is 28.6. The lowest BCUT2D eigenvalue weighted by Crippen LogP contribution is -2.29. The number of aliphatic hydroxyl groups excluding tert-OH is 1. The van der Waals surface area contributed by atoms with Crippen LogP contribution in [0.25, 0.3) is 5.76 Å². The van der Waals surface area contributed by atoms with Crippen molar-refractivity contribution >= 4 is 39.9 Å². The number of anilines is 1. The molecule has 1 aromatic heterocycles. The molecule has 1 fully saturated rings. The molecule has 40 heavy (non-hydrogen) atoms. The molecule has 0 radical (unpaired) electrons. The van der Waals surface area contributed by atoms with Gasteiger partial charge in [-0.2, -0.15) is 0 Å². The summed E-state index contributed by atoms with van der Waals surface area (Å²) in [7, 11) is 4.21. The number of aromatic nitrogens is 1. The average molecular weight is 567 g/mol. The van der Waals surface area contributed by atoms with Gasteiger partial charge in [-0.05, 0) is 61.7 Å². The van der Waals surface area contributed by atoms with Gasteiger partial charge in [0.25, 0.3) is 5.78 Å². The molecule has 0 bridgehead atoms. The predicted octanol–water partition coefficient (Wildman–Crippen LogP) is 4.98. The molecule has 2 heterocycles. The number of hydrogen-bond donors (Lipinski definition) is 1. The molecule has 0 saturated carbocycles. The summed E-state index contributed by atoms with van der Waals surface area (Å²) in [5.41, 5.74) is 1.71. The van der Waals surface area contributed by atoms with E-state index in [9.17, 15) is 19.5 Å². The maximum absolute atomic E-state index is 13.6. The van der Waals surface area contributed by atoms with E-state index < -0.39 is 23.7 Å². The molecule has 0 spiro atoms. The highest BCUT2D eigenvalue weighted by Gasteiger charge is 2.48. The highest BCUT2D eigenvalue weighted by molar-refractivity contribution is 7.17. The van der Waals surface area contributed by atoms with Crippen LogP contribution in [0, 0.1) is 13.8 Å². The van der Waals surface area contributed by atoms with E-state index >= 15 is 0 Å². The minimum atomic E-state index is -1.08. The number of benzene rings is 2. The fraction of sp³-hybridized carbons (Fsp3) is 0.310. The molecular formula is C29H30N2O8S. The number of Topliss-reactive ketones (excluding diaryl/α,β-unsaturated/α-hetero) is 1. The van der Waals surface area contributed by atoms with E-state index in [0.29, 0.717) is 46.2 Å². The number of nitrogens with zero attached hydrogens (tertiary/aromatic N) is 2. The Morgan fingerprint density at radius 2 is 1.77 bits per heavy atom. The number of carbonyl (C=O) groups excluding carboxylic acids is 3. The van der Waals surface area contributed by atoms with Gasteiger partial charge in [-0.15, -0.1) is 0 Å². The fourth-order valence-electron chi connectivity index (χ4n) is 4.49. The Bertz CT molecular complexity index is 1510. The fourth-order valence-corrected chi connectivity index (χ4v) is 5.50. The Labute approximate surface area is 235 Å². The summed E-state index contributed by atoms with van der Waals surface area (Å²) >= 11 is 0.924. The van der Waals surface area contributed by atoms with Gasteiger partial charge in [0.05, 0.1) is 45.2 Å². The van der Waals surface area contributed by atoms with Gasteiger partial charge in [-0.25, -0.2) is 9.78 Å². The molecule has 1 atom stereocenters. The smallest absolute Gasteiger partial charge is 0.350 e. The van der Waals surface area contributed by atoms with Crippen molar-refractivity contribution in [2.45, 2.75) is 33.2 Å². The second-order valence-corrected chi connectivity index (χ2v) is 9.99. The monoisotopic (exact) mass is 566 g/mol. The quantitative estimate of drug-likeness (QED) is 0.165. The molecule has 0 unspecified atom stereocenters. The molecular weight excluding hydrogens is 536 g/mol. The maximum Gasteiger partial charge on any atom is 0.350 e. The number of esters is 1. The van der Waals surface area contributed by atoms with Crippen LogP contribution in [0.3, 0.4) is 0 Å². The van der Waals surface area contributed by atoms with Gasteiger partial charge in [-0.1, -0.05) is 24.3 Å². The van der Waals surface area contributed by atoms with E-state index in [0.717, 1.165) is 17.8 Å². The number of amides is 1. The summed E-state index contributed by atoms with van der Waals surface area (Å²) in [5.74, 6) is -1.31. The number of ketones is 1. The highest BCUT2D eigenvalue weighted by atomic mass is 32.1. The van der Waals surface area contributed by atoms with Crippen LogP contribution >= 0.6 is 11.3 Å². The van der Waals surface area contributed by atoms with Crippen molar-refractivity contribution in [3.8, 4) is 17.2 Å². The van der Waals surface area contributed by atoms with Gasteiger partial charge in [0.2, 0.25) is 0 Å². The summed E-state index contributed by atoms with van der Waals surface area (Å²) in [5, 5.41) is 11.7. The first-order chi connectivity index (χ1) is 19.2. The van der Waals surface area contributed by atoms with Crippen LogP contribution in [0.1, 0.15) is 51.4 Å². The number of carbonyl (C=O) groups is 3. The number of aliphatic hydroxyl groups is 1. The maximum atomic E-state index is 13.6. The van der Waals surface area contributed by atoms with E-state index in [1.54, 1.807) is 50.2 Å². The van der Waals surface area contributed by atoms with E-state index in [4.69, 9.17) is 18.9 Å². The van der Waals surface area contributed by atoms with Gasteiger partial charge in [-0.3, -0.25) is 14.5 Å². The van der Waals surface area contributed by atoms with Crippen molar-refractivity contribution in [3.05, 3.63) is 69.2 Å². The van der Waals surface area contributed by atoms with E-state index in [1.807, 2.05) is 6.92 Å². The van der Waals surface area contributed by atoms with Crippen LogP contribution < -0.4 is 19.1 Å². The number of hydrogen-bond acceptors (Lipinski definition) is 10. The third-order valence-corrected chi connectivity index (χ3v) is 7.59. The SMILES string of the molecule is CCCOc1ccc(C(O)=C2C(=O)C(=O)N(c3nc(C)c(C(=O)OC)s3)[C@H]2c2ccc(OC)c(OC)c2)c(C)c1. The van der Waals surface area contributed by atoms with Crippen LogP contribution in [0.2, 0.25) is 0 Å². The molecule has 11 heteroatoms. The zero-order valence-corrected chi connectivity index (χ0v) is 23.9. The second-order valence-electron chi connectivity index (χ2n) is 9.01. The van der Waals surface area contributed by atoms with Crippen molar-refractivity contribution in [3.63, 3.8) is 0 Å². The lowest BCUT2D eigenvalue weighted by molar-refractivity contribution is -0.132. The first-order valence-electron chi connectivity index (χ1n) is 12.5. The molecule has 3 aromatic rings. The average Bonchev–Trinajstić information content (AvgIpc) is 3.46. The first-order valence-corrected chi connectivity index (χ1v) is 13.3. The van der Waals surface area contributed by atoms with Crippen molar-refractivity contribution in [1.29, 1.82) is 0 Å². The molecule has 0 aliphatic carbocycles. The van der Waals surface area contributed by atoms with Crippen LogP contribution in [0.5, 0.6) is 17.2 Å². The zero-order chi connectivity index (χ0) is 29.1. The molecule has 1 N–H and O–H groups in total. The third-order valence-electron chi connectivity index (χ3n) is 6.46. The van der Waals surface area contributed by atoms with E-state index in [-0.39, 0.29) is 21.3 Å². The van der Waals surface area contributed by atoms with Crippen molar-refractivity contribution in [1.82, 2.24) is 4.98 Å². The van der Waals surface area contributed by atoms with Gasteiger partial charge >= 0.3 is 11.9 Å². The third kappa shape index (κ3) is 5.12. The molecule has 1 saturated heterocycles. The molecule has 210 valence electrons. The molecule has 1 aliphatic heterocycles. The Kier molecular flexibility index (Phi) is 8.43. The zero-order valence-electron chi connectivity index (χ0n) is 23.1.